The van der Waals surface area contributed by atoms with E-state index in [0.717, 1.165) is 6.08 Å². The molecule has 0 aliphatic heterocycles. The zero-order valence-corrected chi connectivity index (χ0v) is 7.27. The fraction of sp³-hybridized carbons (Fsp3) is 0.375. The maximum absolute atomic E-state index is 10.4. The summed E-state index contributed by atoms with van der Waals surface area (Å²) in [7, 11) is 0. The molecule has 0 radical (unpaired) electrons. The Morgan fingerprint density at radius 1 is 1.00 bits per heavy atom. The van der Waals surface area contributed by atoms with Gasteiger partial charge < -0.3 is 15.3 Å². The van der Waals surface area contributed by atoms with Crippen molar-refractivity contribution in [2.75, 3.05) is 0 Å². The SMILES string of the molecule is O=C(O)CC/C=C(/CC(=O)O)C(=O)O. The molecule has 0 aliphatic carbocycles. The van der Waals surface area contributed by atoms with E-state index in [0.29, 0.717) is 0 Å². The summed E-state index contributed by atoms with van der Waals surface area (Å²) in [6.45, 7) is 0. The predicted molar refractivity (Wildman–Crippen MR) is 44.8 cm³/mol. The molecule has 0 amide bonds. The van der Waals surface area contributed by atoms with Crippen LogP contribution in [0.4, 0.5) is 0 Å². The Kier molecular flexibility index (Phi) is 4.98. The highest BCUT2D eigenvalue weighted by Crippen LogP contribution is 2.04. The number of aliphatic carboxylic acids is 3. The van der Waals surface area contributed by atoms with E-state index in [1.807, 2.05) is 0 Å². The molecule has 0 aromatic rings. The molecular weight excluding hydrogens is 192 g/mol. The van der Waals surface area contributed by atoms with Crippen LogP contribution >= 0.6 is 0 Å². The Bertz CT molecular complexity index is 278. The van der Waals surface area contributed by atoms with Crippen LogP contribution in [0.15, 0.2) is 11.6 Å². The summed E-state index contributed by atoms with van der Waals surface area (Å²) in [6.07, 6.45) is 0.320. The Hall–Kier alpha value is -1.85. The fourth-order valence-corrected chi connectivity index (χ4v) is 0.768. The van der Waals surface area contributed by atoms with E-state index in [4.69, 9.17) is 15.3 Å². The molecule has 0 atom stereocenters. The molecule has 0 aromatic carbocycles. The number of hydrogen-bond donors (Lipinski definition) is 3. The van der Waals surface area contributed by atoms with Crippen LogP contribution in [0, 0.1) is 0 Å². The van der Waals surface area contributed by atoms with Gasteiger partial charge in [0.05, 0.1) is 6.42 Å². The van der Waals surface area contributed by atoms with E-state index in [1.165, 1.54) is 0 Å². The van der Waals surface area contributed by atoms with Crippen LogP contribution in [-0.2, 0) is 14.4 Å². The van der Waals surface area contributed by atoms with E-state index >= 15 is 0 Å². The van der Waals surface area contributed by atoms with Gasteiger partial charge in [-0.2, -0.15) is 0 Å². The first-order valence-electron chi connectivity index (χ1n) is 3.79. The van der Waals surface area contributed by atoms with Gasteiger partial charge in [-0.3, -0.25) is 9.59 Å². The van der Waals surface area contributed by atoms with Crippen molar-refractivity contribution in [1.82, 2.24) is 0 Å². The molecule has 14 heavy (non-hydrogen) atoms. The van der Waals surface area contributed by atoms with Gasteiger partial charge in [-0.1, -0.05) is 6.08 Å². The summed E-state index contributed by atoms with van der Waals surface area (Å²) in [5.74, 6) is -3.65. The molecule has 0 saturated heterocycles. The van der Waals surface area contributed by atoms with E-state index in [-0.39, 0.29) is 18.4 Å². The molecule has 0 fully saturated rings. The third-order valence-corrected chi connectivity index (χ3v) is 1.37. The summed E-state index contributed by atoms with van der Waals surface area (Å²) in [5.41, 5.74) is -0.293. The average Bonchev–Trinajstić information content (AvgIpc) is 2.00. The second-order valence-electron chi connectivity index (χ2n) is 2.54. The van der Waals surface area contributed by atoms with Gasteiger partial charge in [0, 0.05) is 12.0 Å². The minimum atomic E-state index is -1.34. The van der Waals surface area contributed by atoms with Gasteiger partial charge in [-0.15, -0.1) is 0 Å². The lowest BCUT2D eigenvalue weighted by Crippen LogP contribution is -2.07. The zero-order valence-electron chi connectivity index (χ0n) is 7.27. The normalized spacial score (nSPS) is 11.0. The average molecular weight is 202 g/mol. The summed E-state index contributed by atoms with van der Waals surface area (Å²) in [5, 5.41) is 25.1. The molecule has 0 aliphatic rings. The Balaban J connectivity index is 4.26. The van der Waals surface area contributed by atoms with E-state index in [1.54, 1.807) is 0 Å². The van der Waals surface area contributed by atoms with Crippen molar-refractivity contribution < 1.29 is 29.7 Å². The molecule has 0 spiro atoms. The maximum atomic E-state index is 10.4. The summed E-state index contributed by atoms with van der Waals surface area (Å²) < 4.78 is 0. The molecule has 0 unspecified atom stereocenters. The number of allylic oxidation sites excluding steroid dienone is 1. The zero-order chi connectivity index (χ0) is 11.1. The number of carboxylic acids is 3. The lowest BCUT2D eigenvalue weighted by Gasteiger charge is -1.97. The molecule has 0 heterocycles. The van der Waals surface area contributed by atoms with Crippen LogP contribution in [-0.4, -0.2) is 33.2 Å². The highest BCUT2D eigenvalue weighted by molar-refractivity contribution is 5.92. The predicted octanol–water partition coefficient (Wildman–Crippen LogP) is 0.337. The van der Waals surface area contributed by atoms with Gasteiger partial charge in [0.1, 0.15) is 0 Å². The largest absolute Gasteiger partial charge is 0.481 e. The van der Waals surface area contributed by atoms with Crippen molar-refractivity contribution in [1.29, 1.82) is 0 Å². The van der Waals surface area contributed by atoms with Gasteiger partial charge in [0.15, 0.2) is 0 Å². The first kappa shape index (κ1) is 12.2. The maximum Gasteiger partial charge on any atom is 0.331 e. The first-order chi connectivity index (χ1) is 6.43. The summed E-state index contributed by atoms with van der Waals surface area (Å²) >= 11 is 0. The van der Waals surface area contributed by atoms with Crippen molar-refractivity contribution >= 4 is 17.9 Å². The fourth-order valence-electron chi connectivity index (χ4n) is 0.768. The molecule has 3 N–H and O–H groups in total. The third-order valence-electron chi connectivity index (χ3n) is 1.37. The van der Waals surface area contributed by atoms with E-state index in [9.17, 15) is 14.4 Å². The topological polar surface area (TPSA) is 112 Å². The van der Waals surface area contributed by atoms with E-state index in [2.05, 4.69) is 0 Å². The van der Waals surface area contributed by atoms with E-state index < -0.39 is 24.3 Å². The molecular formula is C8H10O6. The lowest BCUT2D eigenvalue weighted by atomic mass is 10.1. The third kappa shape index (κ3) is 5.76. The molecule has 0 bridgehead atoms. The smallest absolute Gasteiger partial charge is 0.331 e. The quantitative estimate of drug-likeness (QED) is 0.535. The molecule has 0 rings (SSSR count). The van der Waals surface area contributed by atoms with Crippen LogP contribution in [0.1, 0.15) is 19.3 Å². The monoisotopic (exact) mass is 202 g/mol. The van der Waals surface area contributed by atoms with Crippen LogP contribution in [0.3, 0.4) is 0 Å². The molecule has 6 nitrogen and oxygen atoms in total. The number of hydrogen-bond acceptors (Lipinski definition) is 3. The van der Waals surface area contributed by atoms with Crippen molar-refractivity contribution in [3.05, 3.63) is 11.6 Å². The van der Waals surface area contributed by atoms with Crippen molar-refractivity contribution in [2.45, 2.75) is 19.3 Å². The van der Waals surface area contributed by atoms with Gasteiger partial charge in [-0.05, 0) is 6.42 Å². The Labute approximate surface area is 79.5 Å². The van der Waals surface area contributed by atoms with Gasteiger partial charge in [-0.25, -0.2) is 4.79 Å². The van der Waals surface area contributed by atoms with Crippen LogP contribution < -0.4 is 0 Å². The van der Waals surface area contributed by atoms with Crippen LogP contribution in [0.2, 0.25) is 0 Å². The van der Waals surface area contributed by atoms with Gasteiger partial charge >= 0.3 is 17.9 Å². The summed E-state index contributed by atoms with van der Waals surface area (Å²) in [6, 6.07) is 0. The van der Waals surface area contributed by atoms with Gasteiger partial charge in [0.2, 0.25) is 0 Å². The van der Waals surface area contributed by atoms with Crippen LogP contribution in [0.5, 0.6) is 0 Å². The van der Waals surface area contributed by atoms with Gasteiger partial charge in [0.25, 0.3) is 0 Å². The number of carbonyl (C=O) groups is 3. The highest BCUT2D eigenvalue weighted by Gasteiger charge is 2.11. The Morgan fingerprint density at radius 3 is 1.93 bits per heavy atom. The second-order valence-corrected chi connectivity index (χ2v) is 2.54. The summed E-state index contributed by atoms with van der Waals surface area (Å²) in [4.78, 5) is 30.7. The Morgan fingerprint density at radius 2 is 1.57 bits per heavy atom. The lowest BCUT2D eigenvalue weighted by molar-refractivity contribution is -0.139. The first-order valence-corrected chi connectivity index (χ1v) is 3.79. The van der Waals surface area contributed by atoms with Crippen LogP contribution in [0.25, 0.3) is 0 Å². The highest BCUT2D eigenvalue weighted by atomic mass is 16.4. The van der Waals surface area contributed by atoms with Crippen molar-refractivity contribution in [3.8, 4) is 0 Å². The second kappa shape index (κ2) is 5.74. The standard InChI is InChI=1S/C8H10O6/c9-6(10)3-1-2-5(8(13)14)4-7(11)12/h2H,1,3-4H2,(H,9,10)(H,11,12)(H,13,14)/b5-2-. The number of rotatable bonds is 6. The minimum Gasteiger partial charge on any atom is -0.481 e. The minimum absolute atomic E-state index is 0.0181. The molecule has 6 heteroatoms. The molecule has 0 saturated carbocycles. The molecule has 78 valence electrons. The molecule has 0 aromatic heterocycles. The van der Waals surface area contributed by atoms with Crippen molar-refractivity contribution in [3.63, 3.8) is 0 Å². The van der Waals surface area contributed by atoms with Crippen molar-refractivity contribution in [2.24, 2.45) is 0 Å². The number of carboxylic acid groups (broad SMARTS) is 3.